The number of Topliss-reactive ketones (excluding diaryl/α,β-unsaturated/α-hetero) is 2. The Morgan fingerprint density at radius 2 is 1.57 bits per heavy atom. The van der Waals surface area contributed by atoms with Crippen molar-refractivity contribution in [1.82, 2.24) is 4.90 Å². The Bertz CT molecular complexity index is 1310. The summed E-state index contributed by atoms with van der Waals surface area (Å²) < 4.78 is 5.70. The summed E-state index contributed by atoms with van der Waals surface area (Å²) >= 11 is 13.2. The van der Waals surface area contributed by atoms with E-state index in [4.69, 9.17) is 27.9 Å². The maximum atomic E-state index is 13.2. The highest BCUT2D eigenvalue weighted by Gasteiger charge is 2.42. The number of halogens is 2. The van der Waals surface area contributed by atoms with Crippen LogP contribution in [0.5, 0.6) is 5.75 Å². The Hall–Kier alpha value is -3.09. The van der Waals surface area contributed by atoms with Crippen LogP contribution in [0.25, 0.3) is 0 Å². The Morgan fingerprint density at radius 3 is 2.14 bits per heavy atom. The lowest BCUT2D eigenvalue weighted by atomic mass is 9.71. The van der Waals surface area contributed by atoms with E-state index in [1.807, 2.05) is 32.2 Å². The van der Waals surface area contributed by atoms with E-state index < -0.39 is 5.92 Å². The van der Waals surface area contributed by atoms with Crippen molar-refractivity contribution in [2.75, 3.05) is 19.0 Å². The van der Waals surface area contributed by atoms with Crippen LogP contribution in [0, 0.1) is 6.92 Å². The smallest absolute Gasteiger partial charge is 0.262 e. The third kappa shape index (κ3) is 4.92. The molecule has 2 aromatic carbocycles. The number of nitrogens with zero attached hydrogens (tertiary/aromatic N) is 1. The lowest BCUT2D eigenvalue weighted by molar-refractivity contribution is -0.118. The molecule has 6 nitrogen and oxygen atoms in total. The molecular formula is C29H28Cl2N2O4. The fraction of sp³-hybridized carbons (Fsp3) is 0.345. The van der Waals surface area contributed by atoms with Crippen molar-refractivity contribution in [2.24, 2.45) is 0 Å². The van der Waals surface area contributed by atoms with Gasteiger partial charge in [-0.25, -0.2) is 0 Å². The van der Waals surface area contributed by atoms with Crippen LogP contribution in [0.4, 0.5) is 5.69 Å². The Labute approximate surface area is 226 Å². The maximum Gasteiger partial charge on any atom is 0.262 e. The second-order valence-electron chi connectivity index (χ2n) is 9.79. The highest BCUT2D eigenvalue weighted by Crippen LogP contribution is 2.50. The number of hydrogen-bond donors (Lipinski definition) is 1. The lowest BCUT2D eigenvalue weighted by Gasteiger charge is -2.42. The molecule has 1 N–H and O–H groups in total. The fourth-order valence-corrected chi connectivity index (χ4v) is 6.24. The van der Waals surface area contributed by atoms with E-state index in [0.29, 0.717) is 35.2 Å². The van der Waals surface area contributed by atoms with Crippen LogP contribution in [0.3, 0.4) is 0 Å². The first-order valence-corrected chi connectivity index (χ1v) is 13.2. The van der Waals surface area contributed by atoms with Gasteiger partial charge in [-0.3, -0.25) is 14.4 Å². The number of ether oxygens (including phenoxy) is 1. The van der Waals surface area contributed by atoms with Gasteiger partial charge in [-0.1, -0.05) is 35.3 Å². The summed E-state index contributed by atoms with van der Waals surface area (Å²) in [5.41, 5.74) is 5.68. The van der Waals surface area contributed by atoms with Gasteiger partial charge in [-0.15, -0.1) is 0 Å². The van der Waals surface area contributed by atoms with Crippen LogP contribution in [0.1, 0.15) is 55.6 Å². The molecule has 2 aromatic rings. The minimum absolute atomic E-state index is 0.0587. The van der Waals surface area contributed by atoms with Crippen molar-refractivity contribution in [3.05, 3.63) is 80.1 Å². The van der Waals surface area contributed by atoms with Gasteiger partial charge in [0.25, 0.3) is 5.91 Å². The summed E-state index contributed by atoms with van der Waals surface area (Å²) in [7, 11) is 1.96. The molecule has 37 heavy (non-hydrogen) atoms. The number of ketones is 2. The van der Waals surface area contributed by atoms with Gasteiger partial charge >= 0.3 is 0 Å². The van der Waals surface area contributed by atoms with Gasteiger partial charge in [0.15, 0.2) is 23.9 Å². The molecule has 0 saturated heterocycles. The quantitative estimate of drug-likeness (QED) is 0.479. The number of anilines is 1. The maximum absolute atomic E-state index is 13.2. The van der Waals surface area contributed by atoms with Gasteiger partial charge in [0.1, 0.15) is 0 Å². The molecule has 8 heteroatoms. The molecule has 0 bridgehead atoms. The van der Waals surface area contributed by atoms with Crippen LogP contribution in [-0.4, -0.2) is 36.0 Å². The third-order valence-electron chi connectivity index (χ3n) is 7.25. The second kappa shape index (κ2) is 10.3. The van der Waals surface area contributed by atoms with Gasteiger partial charge in [0.2, 0.25) is 0 Å². The summed E-state index contributed by atoms with van der Waals surface area (Å²) in [6.07, 6.45) is 4.08. The van der Waals surface area contributed by atoms with Crippen LogP contribution in [0.15, 0.2) is 58.9 Å². The number of rotatable bonds is 5. The van der Waals surface area contributed by atoms with Gasteiger partial charge in [-0.2, -0.15) is 0 Å². The molecule has 0 aromatic heterocycles. The number of benzene rings is 2. The highest BCUT2D eigenvalue weighted by atomic mass is 35.5. The van der Waals surface area contributed by atoms with Crippen molar-refractivity contribution >= 4 is 46.4 Å². The van der Waals surface area contributed by atoms with E-state index in [-0.39, 0.29) is 39.9 Å². The summed E-state index contributed by atoms with van der Waals surface area (Å²) in [6, 6.07) is 10.9. The van der Waals surface area contributed by atoms with Gasteiger partial charge in [0, 0.05) is 54.0 Å². The zero-order chi connectivity index (χ0) is 26.3. The van der Waals surface area contributed by atoms with E-state index >= 15 is 0 Å². The predicted octanol–water partition coefficient (Wildman–Crippen LogP) is 6.36. The Morgan fingerprint density at radius 1 is 0.973 bits per heavy atom. The summed E-state index contributed by atoms with van der Waals surface area (Å²) in [6.45, 7) is 1.67. The number of amides is 1. The lowest BCUT2D eigenvalue weighted by Crippen LogP contribution is -2.37. The first-order chi connectivity index (χ1) is 17.7. The standard InChI is InChI=1S/C29H28Cl2N2O4/c1-16-6-3-7-18(12-16)32-25(36)15-37-29-19(30)13-17(14-20(29)31)26-27-21(8-4-10-23(27)34)33(2)22-9-5-11-24(35)28(22)26/h3,6-7,12-14,26H,4-5,8-11,15H2,1-2H3,(H,32,36). The van der Waals surface area contributed by atoms with Crippen molar-refractivity contribution in [3.63, 3.8) is 0 Å². The Balaban J connectivity index is 1.45. The molecule has 0 unspecified atom stereocenters. The molecule has 192 valence electrons. The topological polar surface area (TPSA) is 75.7 Å². The number of allylic oxidation sites excluding steroid dienone is 4. The molecule has 0 saturated carbocycles. The zero-order valence-corrected chi connectivity index (χ0v) is 22.3. The van der Waals surface area contributed by atoms with Crippen LogP contribution in [-0.2, 0) is 14.4 Å². The zero-order valence-electron chi connectivity index (χ0n) is 20.8. The molecule has 1 heterocycles. The third-order valence-corrected chi connectivity index (χ3v) is 7.81. The average Bonchev–Trinajstić information content (AvgIpc) is 2.85. The van der Waals surface area contributed by atoms with Gasteiger partial charge < -0.3 is 15.0 Å². The second-order valence-corrected chi connectivity index (χ2v) is 10.6. The number of aryl methyl sites for hydroxylation is 1. The first kappa shape index (κ1) is 25.6. The van der Waals surface area contributed by atoms with Crippen LogP contribution >= 0.6 is 23.2 Å². The normalized spacial score (nSPS) is 18.1. The Kier molecular flexibility index (Phi) is 7.15. The van der Waals surface area contributed by atoms with E-state index in [9.17, 15) is 14.4 Å². The molecule has 0 radical (unpaired) electrons. The van der Waals surface area contributed by atoms with E-state index in [1.54, 1.807) is 18.2 Å². The summed E-state index contributed by atoms with van der Waals surface area (Å²) in [4.78, 5) is 40.8. The largest absolute Gasteiger partial charge is 0.481 e. The number of nitrogens with one attached hydrogen (secondary N) is 1. The minimum Gasteiger partial charge on any atom is -0.481 e. The first-order valence-electron chi connectivity index (χ1n) is 12.5. The van der Waals surface area contributed by atoms with Crippen molar-refractivity contribution < 1.29 is 19.1 Å². The number of carbonyl (C=O) groups is 3. The highest BCUT2D eigenvalue weighted by molar-refractivity contribution is 6.37. The summed E-state index contributed by atoms with van der Waals surface area (Å²) in [5, 5.41) is 3.23. The van der Waals surface area contributed by atoms with Crippen molar-refractivity contribution in [1.29, 1.82) is 0 Å². The summed E-state index contributed by atoms with van der Waals surface area (Å²) in [5.74, 6) is -0.544. The number of carbonyl (C=O) groups excluding carboxylic acids is 3. The molecule has 3 aliphatic rings. The fourth-order valence-electron chi connectivity index (χ4n) is 5.63. The molecular weight excluding hydrogens is 511 g/mol. The molecule has 1 amide bonds. The van der Waals surface area contributed by atoms with E-state index in [2.05, 4.69) is 10.2 Å². The molecule has 1 aliphatic heterocycles. The van der Waals surface area contributed by atoms with Gasteiger partial charge in [-0.05, 0) is 68.0 Å². The molecule has 0 atom stereocenters. The van der Waals surface area contributed by atoms with Crippen LogP contribution < -0.4 is 10.1 Å². The minimum atomic E-state index is -0.504. The van der Waals surface area contributed by atoms with Crippen molar-refractivity contribution in [3.8, 4) is 5.75 Å². The molecule has 2 aliphatic carbocycles. The molecule has 5 rings (SSSR count). The van der Waals surface area contributed by atoms with E-state index in [1.165, 1.54) is 0 Å². The SMILES string of the molecule is Cc1cccc(NC(=O)COc2c(Cl)cc(C3C4=C(CCCC4=O)N(C)C4=C3C(=O)CCC4)cc2Cl)c1. The van der Waals surface area contributed by atoms with E-state index in [0.717, 1.165) is 42.6 Å². The molecule has 0 fully saturated rings. The predicted molar refractivity (Wildman–Crippen MR) is 144 cm³/mol. The average molecular weight is 539 g/mol. The number of hydrogen-bond acceptors (Lipinski definition) is 5. The van der Waals surface area contributed by atoms with Crippen molar-refractivity contribution in [2.45, 2.75) is 51.4 Å². The molecule has 0 spiro atoms. The van der Waals surface area contributed by atoms with Crippen LogP contribution in [0.2, 0.25) is 10.0 Å². The monoisotopic (exact) mass is 538 g/mol. The van der Waals surface area contributed by atoms with Gasteiger partial charge in [0.05, 0.1) is 10.0 Å².